The third kappa shape index (κ3) is 6.56. The highest BCUT2D eigenvalue weighted by Crippen LogP contribution is 2.24. The van der Waals surface area contributed by atoms with Crippen LogP contribution in [0.25, 0.3) is 0 Å². The Bertz CT molecular complexity index is 513. The van der Waals surface area contributed by atoms with Crippen LogP contribution >= 0.6 is 24.0 Å². The summed E-state index contributed by atoms with van der Waals surface area (Å²) in [5.74, 6) is -1.35. The average molecular weight is 413 g/mol. The van der Waals surface area contributed by atoms with Gasteiger partial charge in [-0.05, 0) is 33.8 Å². The van der Waals surface area contributed by atoms with Crippen LogP contribution in [-0.4, -0.2) is 23.1 Å². The Morgan fingerprint density at radius 3 is 2.33 bits per heavy atom. The van der Waals surface area contributed by atoms with Crippen molar-refractivity contribution >= 4 is 29.9 Å². The first-order valence-corrected chi connectivity index (χ1v) is 6.27. The number of nitrogens with zero attached hydrogens (tertiary/aromatic N) is 1. The molecule has 7 heteroatoms. The van der Waals surface area contributed by atoms with Crippen molar-refractivity contribution < 1.29 is 13.9 Å². The molecule has 0 heterocycles. The molecule has 0 aliphatic carbocycles. The van der Waals surface area contributed by atoms with Crippen LogP contribution in [0.2, 0.25) is 0 Å². The van der Waals surface area contributed by atoms with Gasteiger partial charge in [-0.25, -0.2) is 8.78 Å². The molecular formula is C14H22F2IN3O. The Kier molecular flexibility index (Phi) is 7.01. The van der Waals surface area contributed by atoms with Crippen molar-refractivity contribution in [1.29, 1.82) is 0 Å². The minimum absolute atomic E-state index is 0. The van der Waals surface area contributed by atoms with E-state index >= 15 is 0 Å². The molecule has 0 spiro atoms. The van der Waals surface area contributed by atoms with E-state index in [2.05, 4.69) is 10.3 Å². The predicted octanol–water partition coefficient (Wildman–Crippen LogP) is 2.49. The van der Waals surface area contributed by atoms with E-state index in [1.165, 1.54) is 13.0 Å². The van der Waals surface area contributed by atoms with Crippen LogP contribution in [0.4, 0.5) is 8.78 Å². The first-order valence-electron chi connectivity index (χ1n) is 6.27. The zero-order valence-corrected chi connectivity index (χ0v) is 14.9. The molecular weight excluding hydrogens is 391 g/mol. The monoisotopic (exact) mass is 413 g/mol. The van der Waals surface area contributed by atoms with E-state index < -0.39 is 17.2 Å². The van der Waals surface area contributed by atoms with Crippen LogP contribution in [0.3, 0.4) is 0 Å². The van der Waals surface area contributed by atoms with E-state index in [1.807, 2.05) is 20.8 Å². The topological polar surface area (TPSA) is 70.6 Å². The van der Waals surface area contributed by atoms with Gasteiger partial charge in [0.1, 0.15) is 17.2 Å². The van der Waals surface area contributed by atoms with E-state index in [1.54, 1.807) is 0 Å². The molecule has 0 bridgehead atoms. The molecule has 4 N–H and O–H groups in total. The van der Waals surface area contributed by atoms with Crippen LogP contribution in [0.5, 0.6) is 0 Å². The van der Waals surface area contributed by atoms with Gasteiger partial charge >= 0.3 is 0 Å². The molecule has 0 saturated heterocycles. The normalized spacial score (nSPS) is 15.1. The summed E-state index contributed by atoms with van der Waals surface area (Å²) in [6.07, 6.45) is 0. The quantitative estimate of drug-likeness (QED) is 0.405. The molecule has 21 heavy (non-hydrogen) atoms. The number of nitrogens with one attached hydrogen (secondary N) is 1. The third-order valence-electron chi connectivity index (χ3n) is 2.57. The summed E-state index contributed by atoms with van der Waals surface area (Å²) >= 11 is 0. The van der Waals surface area contributed by atoms with Gasteiger partial charge in [-0.3, -0.25) is 4.99 Å². The second-order valence-electron chi connectivity index (χ2n) is 5.97. The van der Waals surface area contributed by atoms with Gasteiger partial charge in [0, 0.05) is 17.2 Å². The Balaban J connectivity index is 0.00000400. The summed E-state index contributed by atoms with van der Waals surface area (Å²) in [6, 6.07) is 3.02. The molecule has 0 fully saturated rings. The first-order chi connectivity index (χ1) is 9.01. The van der Waals surface area contributed by atoms with Gasteiger partial charge in [0.05, 0.1) is 6.54 Å². The molecule has 4 nitrogen and oxygen atoms in total. The van der Waals surface area contributed by atoms with Crippen molar-refractivity contribution in [1.82, 2.24) is 5.32 Å². The molecule has 0 aromatic heterocycles. The standard InChI is InChI=1S/C14H21F2N3O.HI/c1-13(2,3)19-12(17)18-8-14(4,20)10-6-5-9(15)7-11(10)16;/h5-7,20H,8H2,1-4H3,(H3,17,18,19);1H. The summed E-state index contributed by atoms with van der Waals surface area (Å²) < 4.78 is 26.5. The molecule has 1 unspecified atom stereocenters. The van der Waals surface area contributed by atoms with Crippen molar-refractivity contribution in [2.24, 2.45) is 10.7 Å². The zero-order valence-electron chi connectivity index (χ0n) is 12.6. The number of aliphatic imine (C=N–C) groups is 1. The smallest absolute Gasteiger partial charge is 0.189 e. The SMILES string of the molecule is CC(C)(C)NC(N)=NCC(C)(O)c1ccc(F)cc1F.I. The van der Waals surface area contributed by atoms with Gasteiger partial charge in [-0.15, -0.1) is 24.0 Å². The third-order valence-corrected chi connectivity index (χ3v) is 2.57. The number of aliphatic hydroxyl groups is 1. The molecule has 1 atom stereocenters. The number of nitrogens with two attached hydrogens (primary N) is 1. The van der Waals surface area contributed by atoms with Crippen molar-refractivity contribution in [3.8, 4) is 0 Å². The van der Waals surface area contributed by atoms with Crippen LogP contribution in [0.15, 0.2) is 23.2 Å². The molecule has 0 radical (unpaired) electrons. The maximum atomic E-state index is 13.6. The summed E-state index contributed by atoms with van der Waals surface area (Å²) in [7, 11) is 0. The fourth-order valence-electron chi connectivity index (χ4n) is 1.67. The Hall–Kier alpha value is -0.960. The molecule has 1 rings (SSSR count). The summed E-state index contributed by atoms with van der Waals surface area (Å²) in [6.45, 7) is 7.00. The van der Waals surface area contributed by atoms with Crippen LogP contribution in [-0.2, 0) is 5.60 Å². The molecule has 1 aromatic rings. The van der Waals surface area contributed by atoms with Gasteiger partial charge in [-0.1, -0.05) is 6.07 Å². The van der Waals surface area contributed by atoms with Crippen LogP contribution < -0.4 is 11.1 Å². The fraction of sp³-hybridized carbons (Fsp3) is 0.500. The van der Waals surface area contributed by atoms with Crippen molar-refractivity contribution in [3.05, 3.63) is 35.4 Å². The second-order valence-corrected chi connectivity index (χ2v) is 5.97. The number of rotatable bonds is 3. The zero-order chi connectivity index (χ0) is 15.6. The summed E-state index contributed by atoms with van der Waals surface area (Å²) in [5.41, 5.74) is 3.83. The molecule has 0 saturated carbocycles. The fourth-order valence-corrected chi connectivity index (χ4v) is 1.67. The molecule has 0 amide bonds. The highest BCUT2D eigenvalue weighted by atomic mass is 127. The first kappa shape index (κ1) is 20.0. The van der Waals surface area contributed by atoms with E-state index in [9.17, 15) is 13.9 Å². The lowest BCUT2D eigenvalue weighted by atomic mass is 9.95. The van der Waals surface area contributed by atoms with Gasteiger partial charge in [0.15, 0.2) is 5.96 Å². The predicted molar refractivity (Wildman–Crippen MR) is 90.7 cm³/mol. The second kappa shape index (κ2) is 7.35. The maximum absolute atomic E-state index is 13.6. The lowest BCUT2D eigenvalue weighted by Gasteiger charge is -2.24. The van der Waals surface area contributed by atoms with E-state index in [0.717, 1.165) is 12.1 Å². The number of benzene rings is 1. The van der Waals surface area contributed by atoms with Crippen LogP contribution in [0, 0.1) is 11.6 Å². The largest absolute Gasteiger partial charge is 0.383 e. The maximum Gasteiger partial charge on any atom is 0.189 e. The molecule has 1 aromatic carbocycles. The minimum atomic E-state index is -1.57. The summed E-state index contributed by atoms with van der Waals surface area (Å²) in [5, 5.41) is 13.2. The number of guanidine groups is 1. The minimum Gasteiger partial charge on any atom is -0.383 e. The molecule has 0 aliphatic heterocycles. The number of halogens is 3. The van der Waals surface area contributed by atoms with E-state index in [-0.39, 0.29) is 47.6 Å². The van der Waals surface area contributed by atoms with Crippen LogP contribution in [0.1, 0.15) is 33.3 Å². The lowest BCUT2D eigenvalue weighted by Crippen LogP contribution is -2.45. The molecule has 120 valence electrons. The Morgan fingerprint density at radius 2 is 1.86 bits per heavy atom. The van der Waals surface area contributed by atoms with Gasteiger partial charge in [0.2, 0.25) is 0 Å². The number of hydrogen-bond acceptors (Lipinski definition) is 2. The van der Waals surface area contributed by atoms with Gasteiger partial charge in [0.25, 0.3) is 0 Å². The molecule has 0 aliphatic rings. The highest BCUT2D eigenvalue weighted by molar-refractivity contribution is 14.0. The lowest BCUT2D eigenvalue weighted by molar-refractivity contribution is 0.0632. The van der Waals surface area contributed by atoms with Crippen molar-refractivity contribution in [2.75, 3.05) is 6.54 Å². The van der Waals surface area contributed by atoms with E-state index in [0.29, 0.717) is 0 Å². The van der Waals surface area contributed by atoms with Gasteiger partial charge < -0.3 is 16.2 Å². The van der Waals surface area contributed by atoms with Crippen molar-refractivity contribution in [3.63, 3.8) is 0 Å². The summed E-state index contributed by atoms with van der Waals surface area (Å²) in [4.78, 5) is 3.99. The Labute approximate surface area is 140 Å². The highest BCUT2D eigenvalue weighted by Gasteiger charge is 2.27. The Morgan fingerprint density at radius 1 is 1.29 bits per heavy atom. The van der Waals surface area contributed by atoms with E-state index in [4.69, 9.17) is 5.73 Å². The van der Waals surface area contributed by atoms with Gasteiger partial charge in [-0.2, -0.15) is 0 Å². The number of hydrogen-bond donors (Lipinski definition) is 3. The average Bonchev–Trinajstić information content (AvgIpc) is 2.23. The van der Waals surface area contributed by atoms with Crippen molar-refractivity contribution in [2.45, 2.75) is 38.8 Å².